The second-order valence-electron chi connectivity index (χ2n) is 5.86. The van der Waals surface area contributed by atoms with Crippen molar-refractivity contribution >= 4 is 17.3 Å². The molecule has 4 rings (SSSR count). The Morgan fingerprint density at radius 1 is 1.10 bits per heavy atom. The first-order valence-electron chi connectivity index (χ1n) is 7.55. The highest BCUT2D eigenvalue weighted by atomic mass is 35.5. The molecule has 21 heavy (non-hydrogen) atoms. The van der Waals surface area contributed by atoms with Gasteiger partial charge in [-0.15, -0.1) is 0 Å². The van der Waals surface area contributed by atoms with Crippen molar-refractivity contribution in [3.63, 3.8) is 0 Å². The van der Waals surface area contributed by atoms with Crippen LogP contribution in [-0.2, 0) is 4.74 Å². The lowest BCUT2D eigenvalue weighted by Crippen LogP contribution is -2.35. The van der Waals surface area contributed by atoms with Gasteiger partial charge in [-0.05, 0) is 36.6 Å². The third kappa shape index (κ3) is 2.33. The first kappa shape index (κ1) is 13.2. The van der Waals surface area contributed by atoms with Crippen molar-refractivity contribution in [2.75, 3.05) is 11.9 Å². The Morgan fingerprint density at radius 2 is 2.00 bits per heavy atom. The summed E-state index contributed by atoms with van der Waals surface area (Å²) in [6, 6.07) is 16.9. The van der Waals surface area contributed by atoms with Crippen molar-refractivity contribution in [3.05, 3.63) is 64.7 Å². The van der Waals surface area contributed by atoms with E-state index in [0.29, 0.717) is 5.92 Å². The van der Waals surface area contributed by atoms with Gasteiger partial charge in [0.25, 0.3) is 0 Å². The summed E-state index contributed by atoms with van der Waals surface area (Å²) in [5, 5.41) is 4.49. The van der Waals surface area contributed by atoms with E-state index < -0.39 is 0 Å². The van der Waals surface area contributed by atoms with E-state index in [-0.39, 0.29) is 12.1 Å². The molecule has 0 bridgehead atoms. The van der Waals surface area contributed by atoms with Gasteiger partial charge in [0.15, 0.2) is 0 Å². The van der Waals surface area contributed by atoms with E-state index in [4.69, 9.17) is 16.3 Å². The van der Waals surface area contributed by atoms with E-state index >= 15 is 0 Å². The van der Waals surface area contributed by atoms with Crippen LogP contribution in [0.2, 0.25) is 5.02 Å². The number of benzene rings is 2. The van der Waals surface area contributed by atoms with Gasteiger partial charge in [-0.3, -0.25) is 0 Å². The molecule has 1 saturated heterocycles. The smallest absolute Gasteiger partial charge is 0.0895 e. The highest BCUT2D eigenvalue weighted by molar-refractivity contribution is 6.30. The molecule has 1 N–H and O–H groups in total. The maximum Gasteiger partial charge on any atom is 0.0895 e. The Bertz CT molecular complexity index is 657. The van der Waals surface area contributed by atoms with Gasteiger partial charge in [0.05, 0.1) is 12.1 Å². The standard InChI is InChI=1S/C18H18ClNO/c19-13-6-3-5-12(11-13)17-15-8-4-10-21-18(15)14-7-1-2-9-16(14)20-17/h1-3,5-7,9,11,15,17-18,20H,4,8,10H2/t15-,17+,18+/m1/s1. The fourth-order valence-electron chi connectivity index (χ4n) is 3.65. The normalized spacial score (nSPS) is 27.4. The number of fused-ring (bicyclic) bond motifs is 3. The third-order valence-corrected chi connectivity index (χ3v) is 4.82. The second-order valence-corrected chi connectivity index (χ2v) is 6.30. The fourth-order valence-corrected chi connectivity index (χ4v) is 3.85. The first-order chi connectivity index (χ1) is 10.3. The molecule has 3 atom stereocenters. The van der Waals surface area contributed by atoms with Gasteiger partial charge in [0.1, 0.15) is 0 Å². The van der Waals surface area contributed by atoms with Gasteiger partial charge < -0.3 is 10.1 Å². The summed E-state index contributed by atoms with van der Waals surface area (Å²) in [4.78, 5) is 0. The minimum Gasteiger partial charge on any atom is -0.378 e. The Kier molecular flexibility index (Phi) is 3.36. The second kappa shape index (κ2) is 5.36. The summed E-state index contributed by atoms with van der Waals surface area (Å²) in [6.07, 6.45) is 2.51. The highest BCUT2D eigenvalue weighted by Gasteiger charge is 2.39. The van der Waals surface area contributed by atoms with E-state index in [2.05, 4.69) is 41.7 Å². The SMILES string of the molecule is Clc1cccc([C@@H]2Nc3ccccc3[C@@H]3OCCC[C@H]23)c1. The lowest BCUT2D eigenvalue weighted by molar-refractivity contribution is -0.0381. The molecule has 0 aliphatic carbocycles. The average molecular weight is 300 g/mol. The van der Waals surface area contributed by atoms with E-state index in [9.17, 15) is 0 Å². The number of halogens is 1. The zero-order valence-corrected chi connectivity index (χ0v) is 12.5. The minimum absolute atomic E-state index is 0.195. The number of hydrogen-bond acceptors (Lipinski definition) is 2. The summed E-state index contributed by atoms with van der Waals surface area (Å²) in [5.41, 5.74) is 3.73. The molecule has 0 spiro atoms. The summed E-state index contributed by atoms with van der Waals surface area (Å²) >= 11 is 6.18. The molecule has 2 heterocycles. The molecule has 0 saturated carbocycles. The molecule has 0 radical (unpaired) electrons. The molecular formula is C18H18ClNO. The van der Waals surface area contributed by atoms with Crippen LogP contribution in [0.1, 0.15) is 36.1 Å². The molecule has 2 aliphatic rings. The van der Waals surface area contributed by atoms with Gasteiger partial charge >= 0.3 is 0 Å². The van der Waals surface area contributed by atoms with Crippen LogP contribution >= 0.6 is 11.6 Å². The average Bonchev–Trinajstić information content (AvgIpc) is 2.54. The topological polar surface area (TPSA) is 21.3 Å². The lowest BCUT2D eigenvalue weighted by atomic mass is 9.77. The summed E-state index contributed by atoms with van der Waals surface area (Å²) in [6.45, 7) is 0.859. The molecule has 0 aromatic heterocycles. The molecule has 0 amide bonds. The van der Waals surface area contributed by atoms with Crippen LogP contribution in [0.4, 0.5) is 5.69 Å². The van der Waals surface area contributed by atoms with Crippen molar-refractivity contribution < 1.29 is 4.74 Å². The van der Waals surface area contributed by atoms with E-state index in [1.54, 1.807) is 0 Å². The van der Waals surface area contributed by atoms with Gasteiger partial charge in [-0.25, -0.2) is 0 Å². The number of ether oxygens (including phenoxy) is 1. The quantitative estimate of drug-likeness (QED) is 0.802. The number of rotatable bonds is 1. The Morgan fingerprint density at radius 3 is 2.90 bits per heavy atom. The number of hydrogen-bond donors (Lipinski definition) is 1. The van der Waals surface area contributed by atoms with Crippen molar-refractivity contribution in [1.29, 1.82) is 0 Å². The third-order valence-electron chi connectivity index (χ3n) is 4.58. The number of anilines is 1. The monoisotopic (exact) mass is 299 g/mol. The van der Waals surface area contributed by atoms with Gasteiger partial charge in [-0.2, -0.15) is 0 Å². The number of nitrogens with one attached hydrogen (secondary N) is 1. The summed E-state index contributed by atoms with van der Waals surface area (Å²) in [5.74, 6) is 0.465. The summed E-state index contributed by atoms with van der Waals surface area (Å²) < 4.78 is 6.12. The maximum absolute atomic E-state index is 6.18. The van der Waals surface area contributed by atoms with Crippen LogP contribution in [-0.4, -0.2) is 6.61 Å². The van der Waals surface area contributed by atoms with E-state index in [0.717, 1.165) is 18.1 Å². The van der Waals surface area contributed by atoms with Crippen LogP contribution in [0.5, 0.6) is 0 Å². The Labute approximate surface area is 130 Å². The summed E-state index contributed by atoms with van der Waals surface area (Å²) in [7, 11) is 0. The van der Waals surface area contributed by atoms with Crippen LogP contribution in [0.3, 0.4) is 0 Å². The molecule has 108 valence electrons. The zero-order valence-electron chi connectivity index (χ0n) is 11.8. The molecule has 2 nitrogen and oxygen atoms in total. The van der Waals surface area contributed by atoms with Crippen LogP contribution in [0.25, 0.3) is 0 Å². The highest BCUT2D eigenvalue weighted by Crippen LogP contribution is 2.49. The van der Waals surface area contributed by atoms with Gasteiger partial charge in [-0.1, -0.05) is 41.9 Å². The van der Waals surface area contributed by atoms with Crippen molar-refractivity contribution in [1.82, 2.24) is 0 Å². The van der Waals surface area contributed by atoms with Crippen molar-refractivity contribution in [2.45, 2.75) is 25.0 Å². The Hall–Kier alpha value is -1.51. The molecule has 1 fully saturated rings. The van der Waals surface area contributed by atoms with E-state index in [1.165, 1.54) is 23.2 Å². The van der Waals surface area contributed by atoms with Crippen LogP contribution in [0.15, 0.2) is 48.5 Å². The van der Waals surface area contributed by atoms with Crippen LogP contribution in [0, 0.1) is 5.92 Å². The van der Waals surface area contributed by atoms with Gasteiger partial charge in [0.2, 0.25) is 0 Å². The molecule has 2 aromatic carbocycles. The molecule has 3 heteroatoms. The lowest BCUT2D eigenvalue weighted by Gasteiger charge is -2.43. The van der Waals surface area contributed by atoms with Crippen molar-refractivity contribution in [3.8, 4) is 0 Å². The largest absolute Gasteiger partial charge is 0.378 e. The Balaban J connectivity index is 1.78. The fraction of sp³-hybridized carbons (Fsp3) is 0.333. The number of para-hydroxylation sites is 1. The molecule has 2 aliphatic heterocycles. The zero-order chi connectivity index (χ0) is 14.2. The maximum atomic E-state index is 6.18. The van der Waals surface area contributed by atoms with Gasteiger partial charge in [0, 0.05) is 28.8 Å². The predicted molar refractivity (Wildman–Crippen MR) is 85.7 cm³/mol. The molecule has 2 aromatic rings. The molecule has 0 unspecified atom stereocenters. The van der Waals surface area contributed by atoms with Crippen molar-refractivity contribution in [2.24, 2.45) is 5.92 Å². The van der Waals surface area contributed by atoms with Crippen LogP contribution < -0.4 is 5.32 Å². The van der Waals surface area contributed by atoms with E-state index in [1.807, 2.05) is 12.1 Å². The predicted octanol–water partition coefficient (Wildman–Crippen LogP) is 4.97. The minimum atomic E-state index is 0.195. The molecular weight excluding hydrogens is 282 g/mol. The first-order valence-corrected chi connectivity index (χ1v) is 7.93.